The van der Waals surface area contributed by atoms with Crippen molar-refractivity contribution in [1.82, 2.24) is 19.6 Å². The van der Waals surface area contributed by atoms with Crippen LogP contribution in [0.15, 0.2) is 42.6 Å². The monoisotopic (exact) mass is 477 g/mol. The van der Waals surface area contributed by atoms with Crippen LogP contribution in [0.2, 0.25) is 5.02 Å². The first kappa shape index (κ1) is 21.4. The molecule has 0 unspecified atom stereocenters. The number of benzene rings is 1. The molecule has 0 radical (unpaired) electrons. The lowest BCUT2D eigenvalue weighted by molar-refractivity contribution is 0.231. The lowest BCUT2D eigenvalue weighted by atomic mass is 9.76. The number of aryl methyl sites for hydroxylation is 1. The van der Waals surface area contributed by atoms with Crippen molar-refractivity contribution in [1.29, 1.82) is 0 Å². The first-order valence-electron chi connectivity index (χ1n) is 11.5. The molecule has 1 aromatic carbocycles. The van der Waals surface area contributed by atoms with E-state index in [0.717, 1.165) is 55.8 Å². The molecule has 4 heterocycles. The second kappa shape index (κ2) is 7.94. The number of rotatable bonds is 3. The van der Waals surface area contributed by atoms with Gasteiger partial charge in [0, 0.05) is 30.4 Å². The maximum absolute atomic E-state index is 14.2. The van der Waals surface area contributed by atoms with Gasteiger partial charge in [-0.05, 0) is 55.7 Å². The Morgan fingerprint density at radius 1 is 1.06 bits per heavy atom. The molecule has 8 heteroatoms. The van der Waals surface area contributed by atoms with Crippen molar-refractivity contribution in [2.24, 2.45) is 5.41 Å². The lowest BCUT2D eigenvalue weighted by Crippen LogP contribution is -2.41. The van der Waals surface area contributed by atoms with Crippen molar-refractivity contribution in [3.8, 4) is 17.1 Å². The molecule has 0 amide bonds. The van der Waals surface area contributed by atoms with E-state index in [4.69, 9.17) is 26.3 Å². The Morgan fingerprint density at radius 3 is 2.68 bits per heavy atom. The second-order valence-corrected chi connectivity index (χ2v) is 9.78. The van der Waals surface area contributed by atoms with Gasteiger partial charge in [-0.25, -0.2) is 18.9 Å². The van der Waals surface area contributed by atoms with E-state index in [-0.39, 0.29) is 10.4 Å². The van der Waals surface area contributed by atoms with Crippen molar-refractivity contribution >= 4 is 22.9 Å². The Bertz CT molecular complexity index is 1410. The molecule has 1 fully saturated rings. The number of anilines is 1. The third kappa shape index (κ3) is 3.33. The molecule has 6 rings (SSSR count). The van der Waals surface area contributed by atoms with E-state index in [9.17, 15) is 4.39 Å². The summed E-state index contributed by atoms with van der Waals surface area (Å²) in [5, 5.41) is 4.63. The minimum atomic E-state index is -0.450. The van der Waals surface area contributed by atoms with E-state index in [1.165, 1.54) is 17.3 Å². The zero-order valence-electron chi connectivity index (χ0n) is 19.2. The number of aromatic nitrogens is 4. The first-order chi connectivity index (χ1) is 16.5. The average molecular weight is 478 g/mol. The molecule has 2 aliphatic rings. The maximum atomic E-state index is 14.2. The number of halogens is 2. The number of hydrogen-bond donors (Lipinski definition) is 0. The van der Waals surface area contributed by atoms with Gasteiger partial charge in [0.2, 0.25) is 5.88 Å². The van der Waals surface area contributed by atoms with E-state index in [0.29, 0.717) is 17.1 Å². The number of methoxy groups -OCH3 is 1. The van der Waals surface area contributed by atoms with Gasteiger partial charge in [-0.1, -0.05) is 29.8 Å². The molecule has 174 valence electrons. The summed E-state index contributed by atoms with van der Waals surface area (Å²) in [6.45, 7) is 3.76. The lowest BCUT2D eigenvalue weighted by Gasteiger charge is -2.40. The number of piperidine rings is 1. The third-order valence-electron chi connectivity index (χ3n) is 7.39. The van der Waals surface area contributed by atoms with E-state index in [1.54, 1.807) is 19.4 Å². The van der Waals surface area contributed by atoms with Crippen LogP contribution >= 0.6 is 11.6 Å². The van der Waals surface area contributed by atoms with Crippen LogP contribution in [0.4, 0.5) is 10.2 Å². The number of hydrogen-bond acceptors (Lipinski definition) is 5. The van der Waals surface area contributed by atoms with Gasteiger partial charge in [-0.15, -0.1) is 0 Å². The predicted octanol–water partition coefficient (Wildman–Crippen LogP) is 5.29. The highest BCUT2D eigenvalue weighted by Crippen LogP contribution is 2.45. The third-order valence-corrected chi connectivity index (χ3v) is 7.77. The first-order valence-corrected chi connectivity index (χ1v) is 11.9. The van der Waals surface area contributed by atoms with Crippen LogP contribution in [0.3, 0.4) is 0 Å². The molecule has 4 aromatic rings. The van der Waals surface area contributed by atoms with E-state index in [2.05, 4.69) is 16.1 Å². The van der Waals surface area contributed by atoms with Gasteiger partial charge in [0.1, 0.15) is 11.3 Å². The minimum absolute atomic E-state index is 0.0860. The smallest absolute Gasteiger partial charge is 0.213 e. The molecule has 0 atom stereocenters. The summed E-state index contributed by atoms with van der Waals surface area (Å²) in [5.74, 6) is 1.15. The number of ether oxygens (including phenoxy) is 1. The highest BCUT2D eigenvalue weighted by molar-refractivity contribution is 6.33. The Balaban J connectivity index is 1.30. The molecule has 1 spiro atoms. The van der Waals surface area contributed by atoms with Crippen LogP contribution < -0.4 is 9.64 Å². The van der Waals surface area contributed by atoms with E-state index < -0.39 is 5.82 Å². The summed E-state index contributed by atoms with van der Waals surface area (Å²) in [6.07, 6.45) is 5.97. The zero-order valence-corrected chi connectivity index (χ0v) is 19.9. The topological polar surface area (TPSA) is 55.5 Å². The van der Waals surface area contributed by atoms with Gasteiger partial charge in [0.15, 0.2) is 5.82 Å². The van der Waals surface area contributed by atoms with Crippen molar-refractivity contribution in [2.45, 2.75) is 32.6 Å². The molecule has 1 aliphatic heterocycles. The van der Waals surface area contributed by atoms with Crippen LogP contribution in [0, 0.1) is 18.2 Å². The van der Waals surface area contributed by atoms with Crippen LogP contribution in [-0.4, -0.2) is 39.8 Å². The van der Waals surface area contributed by atoms with Crippen LogP contribution in [0.1, 0.15) is 29.8 Å². The molecule has 6 nitrogen and oxygen atoms in total. The quantitative estimate of drug-likeness (QED) is 0.401. The molecule has 1 aliphatic carbocycles. The SMILES string of the molecule is COc1ccc2c(n1)CC1(CCN(c3nc(C)c(-c4cccc(F)c4Cl)n4nccc34)CC1)C2. The van der Waals surface area contributed by atoms with Crippen LogP contribution in [-0.2, 0) is 12.8 Å². The Morgan fingerprint density at radius 2 is 1.88 bits per heavy atom. The molecular weight excluding hydrogens is 453 g/mol. The predicted molar refractivity (Wildman–Crippen MR) is 130 cm³/mol. The van der Waals surface area contributed by atoms with Gasteiger partial charge in [0.05, 0.1) is 29.7 Å². The molecule has 3 aromatic heterocycles. The minimum Gasteiger partial charge on any atom is -0.481 e. The summed E-state index contributed by atoms with van der Waals surface area (Å²) < 4.78 is 21.3. The van der Waals surface area contributed by atoms with Gasteiger partial charge < -0.3 is 9.64 Å². The van der Waals surface area contributed by atoms with E-state index in [1.807, 2.05) is 29.6 Å². The van der Waals surface area contributed by atoms with Gasteiger partial charge in [-0.2, -0.15) is 5.10 Å². The normalized spacial score (nSPS) is 16.9. The highest BCUT2D eigenvalue weighted by Gasteiger charge is 2.41. The van der Waals surface area contributed by atoms with Gasteiger partial charge in [-0.3, -0.25) is 0 Å². The maximum Gasteiger partial charge on any atom is 0.213 e. The highest BCUT2D eigenvalue weighted by atomic mass is 35.5. The summed E-state index contributed by atoms with van der Waals surface area (Å²) in [5.41, 5.74) is 5.75. The summed E-state index contributed by atoms with van der Waals surface area (Å²) in [4.78, 5) is 12.0. The number of nitrogens with zero attached hydrogens (tertiary/aromatic N) is 5. The van der Waals surface area contributed by atoms with Gasteiger partial charge in [0.25, 0.3) is 0 Å². The fourth-order valence-electron chi connectivity index (χ4n) is 5.61. The molecule has 0 N–H and O–H groups in total. The van der Waals surface area contributed by atoms with Gasteiger partial charge >= 0.3 is 0 Å². The summed E-state index contributed by atoms with van der Waals surface area (Å²) in [7, 11) is 1.66. The Hall–Kier alpha value is -3.19. The van der Waals surface area contributed by atoms with Crippen molar-refractivity contribution < 1.29 is 9.13 Å². The fourth-order valence-corrected chi connectivity index (χ4v) is 5.82. The number of pyridine rings is 1. The van der Waals surface area contributed by atoms with Crippen LogP contribution in [0.5, 0.6) is 5.88 Å². The van der Waals surface area contributed by atoms with E-state index >= 15 is 0 Å². The van der Waals surface area contributed by atoms with Crippen LogP contribution in [0.25, 0.3) is 16.8 Å². The molecule has 0 bridgehead atoms. The zero-order chi connectivity index (χ0) is 23.4. The molecule has 34 heavy (non-hydrogen) atoms. The molecule has 0 saturated carbocycles. The Labute approximate surface area is 202 Å². The van der Waals surface area contributed by atoms with Crippen molar-refractivity contribution in [3.63, 3.8) is 0 Å². The molecular formula is C26H25ClFN5O. The average Bonchev–Trinajstić information content (AvgIpc) is 3.45. The van der Waals surface area contributed by atoms with Crippen molar-refractivity contribution in [3.05, 3.63) is 70.4 Å². The fraction of sp³-hybridized carbons (Fsp3) is 0.346. The second-order valence-electron chi connectivity index (χ2n) is 9.40. The molecule has 1 saturated heterocycles. The summed E-state index contributed by atoms with van der Waals surface area (Å²) >= 11 is 6.31. The standard InChI is InChI=1S/C26H25ClFN5O/c1-16-24(18-4-3-5-19(28)23(18)27)33-21(8-11-29-33)25(30-16)32-12-9-26(10-13-32)14-17-6-7-22(34-2)31-20(17)15-26/h3-8,11H,9-10,12-15H2,1-2H3. The largest absolute Gasteiger partial charge is 0.481 e. The Kier molecular flexibility index (Phi) is 4.99. The number of fused-ring (bicyclic) bond motifs is 2. The van der Waals surface area contributed by atoms with Crippen molar-refractivity contribution in [2.75, 3.05) is 25.1 Å². The summed E-state index contributed by atoms with van der Waals surface area (Å²) in [6, 6.07) is 10.9.